The van der Waals surface area contributed by atoms with Crippen LogP contribution in [0.3, 0.4) is 0 Å². The van der Waals surface area contributed by atoms with Crippen molar-refractivity contribution in [3.05, 3.63) is 47.3 Å². The highest BCUT2D eigenvalue weighted by molar-refractivity contribution is 5.26. The van der Waals surface area contributed by atoms with E-state index in [1.54, 1.807) is 11.6 Å². The number of hydrogen-bond acceptors (Lipinski definition) is 1. The molecule has 2 fully saturated rings. The lowest BCUT2D eigenvalue weighted by molar-refractivity contribution is 0.244. The zero-order valence-corrected chi connectivity index (χ0v) is 21.0. The molecule has 0 heterocycles. The molecule has 0 aliphatic heterocycles. The summed E-state index contributed by atoms with van der Waals surface area (Å²) in [7, 11) is 0. The van der Waals surface area contributed by atoms with Gasteiger partial charge in [-0.15, -0.1) is 0 Å². The quantitative estimate of drug-likeness (QED) is 0.229. The summed E-state index contributed by atoms with van der Waals surface area (Å²) in [5.74, 6) is 2.80. The Kier molecular flexibility index (Phi) is 11.5. The molecule has 1 nitrogen and oxygen atoms in total. The van der Waals surface area contributed by atoms with Gasteiger partial charge in [0.1, 0.15) is 6.07 Å². The van der Waals surface area contributed by atoms with Crippen LogP contribution in [-0.4, -0.2) is 0 Å². The van der Waals surface area contributed by atoms with E-state index in [0.717, 1.165) is 36.5 Å². The van der Waals surface area contributed by atoms with Crippen molar-refractivity contribution >= 4 is 0 Å². The van der Waals surface area contributed by atoms with Crippen LogP contribution in [-0.2, 0) is 6.42 Å². The van der Waals surface area contributed by atoms with Crippen LogP contribution in [0.1, 0.15) is 127 Å². The molecule has 0 aromatic heterocycles. The molecule has 2 heteroatoms. The van der Waals surface area contributed by atoms with E-state index in [2.05, 4.69) is 31.2 Å². The van der Waals surface area contributed by atoms with Gasteiger partial charge >= 0.3 is 0 Å². The third-order valence-electron chi connectivity index (χ3n) is 8.56. The summed E-state index contributed by atoms with van der Waals surface area (Å²) in [6.45, 7) is 2.27. The number of aryl methyl sites for hydroxylation is 1. The summed E-state index contributed by atoms with van der Waals surface area (Å²) in [6, 6.07) is 11.1. The predicted molar refractivity (Wildman–Crippen MR) is 138 cm³/mol. The van der Waals surface area contributed by atoms with Crippen LogP contribution >= 0.6 is 0 Å². The number of rotatable bonds is 12. The second kappa shape index (κ2) is 14.6. The molecule has 33 heavy (non-hydrogen) atoms. The lowest BCUT2D eigenvalue weighted by Gasteiger charge is -2.30. The molecule has 3 rings (SSSR count). The SMILES string of the molecule is CCCCc1ccc(C2CCC(CCCCC3CCC(CC/C=C(\F)C#N)CC3)CC2)cc1. The molecule has 0 radical (unpaired) electrons. The predicted octanol–water partition coefficient (Wildman–Crippen LogP) is 9.83. The molecule has 0 saturated heterocycles. The largest absolute Gasteiger partial charge is 0.196 e. The van der Waals surface area contributed by atoms with Crippen LogP contribution in [0.2, 0.25) is 0 Å². The molecular formula is C31H46FN. The average molecular weight is 452 g/mol. The second-order valence-corrected chi connectivity index (χ2v) is 11.0. The molecule has 2 aliphatic rings. The second-order valence-electron chi connectivity index (χ2n) is 11.0. The van der Waals surface area contributed by atoms with Gasteiger partial charge in [-0.25, -0.2) is 0 Å². The van der Waals surface area contributed by atoms with E-state index in [4.69, 9.17) is 5.26 Å². The standard InChI is InChI=1S/C31H46FN/c1-2-3-7-25-16-20-29(21-17-25)30-22-18-27(19-23-30)9-5-4-8-26-12-14-28(15-13-26)10-6-11-31(32)24-33/h11,16-17,20-21,26-28,30H,2-10,12-15,18-19,22-23H2,1H3/b31-11-. The minimum atomic E-state index is -0.617. The molecule has 182 valence electrons. The van der Waals surface area contributed by atoms with Gasteiger partial charge in [0.2, 0.25) is 0 Å². The molecule has 1 aromatic carbocycles. The van der Waals surface area contributed by atoms with Crippen molar-refractivity contribution in [2.75, 3.05) is 0 Å². The van der Waals surface area contributed by atoms with Crippen molar-refractivity contribution in [1.82, 2.24) is 0 Å². The maximum Gasteiger partial charge on any atom is 0.196 e. The van der Waals surface area contributed by atoms with E-state index in [0.29, 0.717) is 0 Å². The molecule has 0 atom stereocenters. The van der Waals surface area contributed by atoms with Gasteiger partial charge in [-0.3, -0.25) is 0 Å². The summed E-state index contributed by atoms with van der Waals surface area (Å²) in [6.07, 6.45) is 23.7. The topological polar surface area (TPSA) is 23.8 Å². The highest BCUT2D eigenvalue weighted by atomic mass is 19.1. The van der Waals surface area contributed by atoms with Gasteiger partial charge in [-0.1, -0.05) is 89.0 Å². The van der Waals surface area contributed by atoms with Gasteiger partial charge in [0.15, 0.2) is 5.83 Å². The minimum Gasteiger partial charge on any atom is -0.195 e. The van der Waals surface area contributed by atoms with Crippen LogP contribution in [0, 0.1) is 29.1 Å². The fourth-order valence-corrected chi connectivity index (χ4v) is 6.29. The lowest BCUT2D eigenvalue weighted by atomic mass is 9.76. The molecular weight excluding hydrogens is 405 g/mol. The van der Waals surface area contributed by atoms with Crippen molar-refractivity contribution in [3.63, 3.8) is 0 Å². The number of allylic oxidation sites excluding steroid dienone is 2. The minimum absolute atomic E-state index is 0.617. The Hall–Kier alpha value is -1.62. The smallest absolute Gasteiger partial charge is 0.195 e. The number of unbranched alkanes of at least 4 members (excludes halogenated alkanes) is 2. The van der Waals surface area contributed by atoms with Crippen molar-refractivity contribution in [2.45, 2.75) is 122 Å². The zero-order valence-electron chi connectivity index (χ0n) is 21.0. The fraction of sp³-hybridized carbons (Fsp3) is 0.710. The Labute approximate surface area is 202 Å². The Morgan fingerprint density at radius 2 is 1.39 bits per heavy atom. The van der Waals surface area contributed by atoms with Crippen LogP contribution in [0.25, 0.3) is 0 Å². The molecule has 0 spiro atoms. The number of hydrogen-bond donors (Lipinski definition) is 0. The molecule has 2 saturated carbocycles. The Bertz CT molecular complexity index is 727. The van der Waals surface area contributed by atoms with Crippen LogP contribution in [0.5, 0.6) is 0 Å². The molecule has 0 unspecified atom stereocenters. The molecule has 0 bridgehead atoms. The maximum atomic E-state index is 12.9. The summed E-state index contributed by atoms with van der Waals surface area (Å²) < 4.78 is 12.9. The molecule has 0 amide bonds. The Balaban J connectivity index is 1.23. The normalized spacial score (nSPS) is 26.2. The van der Waals surface area contributed by atoms with Crippen LogP contribution < -0.4 is 0 Å². The van der Waals surface area contributed by atoms with E-state index < -0.39 is 5.83 Å². The zero-order chi connectivity index (χ0) is 23.3. The molecule has 2 aliphatic carbocycles. The third-order valence-corrected chi connectivity index (χ3v) is 8.56. The van der Waals surface area contributed by atoms with Crippen molar-refractivity contribution in [3.8, 4) is 6.07 Å². The third kappa shape index (κ3) is 9.27. The number of nitrogens with zero attached hydrogens (tertiary/aromatic N) is 1. The Morgan fingerprint density at radius 1 is 0.848 bits per heavy atom. The van der Waals surface area contributed by atoms with Crippen LogP contribution in [0.15, 0.2) is 36.2 Å². The van der Waals surface area contributed by atoms with Gasteiger partial charge in [0.25, 0.3) is 0 Å². The molecule has 0 N–H and O–H groups in total. The van der Waals surface area contributed by atoms with Gasteiger partial charge in [-0.05, 0) is 92.2 Å². The first-order valence-electron chi connectivity index (χ1n) is 14.0. The first-order chi connectivity index (χ1) is 16.2. The van der Waals surface area contributed by atoms with Gasteiger partial charge in [-0.2, -0.15) is 9.65 Å². The number of halogens is 1. The highest BCUT2D eigenvalue weighted by Crippen LogP contribution is 2.39. The monoisotopic (exact) mass is 451 g/mol. The van der Waals surface area contributed by atoms with Crippen molar-refractivity contribution in [1.29, 1.82) is 5.26 Å². The van der Waals surface area contributed by atoms with Gasteiger partial charge < -0.3 is 0 Å². The van der Waals surface area contributed by atoms with Crippen LogP contribution in [0.4, 0.5) is 4.39 Å². The lowest BCUT2D eigenvalue weighted by Crippen LogP contribution is -2.15. The summed E-state index contributed by atoms with van der Waals surface area (Å²) in [4.78, 5) is 0. The first kappa shape index (κ1) is 26.0. The average Bonchev–Trinajstić information content (AvgIpc) is 2.87. The van der Waals surface area contributed by atoms with Crippen molar-refractivity contribution in [2.24, 2.45) is 17.8 Å². The Morgan fingerprint density at radius 3 is 1.94 bits per heavy atom. The van der Waals surface area contributed by atoms with E-state index >= 15 is 0 Å². The maximum absolute atomic E-state index is 12.9. The fourth-order valence-electron chi connectivity index (χ4n) is 6.29. The summed E-state index contributed by atoms with van der Waals surface area (Å²) in [5, 5.41) is 8.49. The summed E-state index contributed by atoms with van der Waals surface area (Å²) in [5.41, 5.74) is 3.08. The first-order valence-corrected chi connectivity index (χ1v) is 14.0. The number of benzene rings is 1. The number of nitriles is 1. The van der Waals surface area contributed by atoms with E-state index in [-0.39, 0.29) is 0 Å². The molecule has 1 aromatic rings. The van der Waals surface area contributed by atoms with Crippen molar-refractivity contribution < 1.29 is 4.39 Å². The van der Waals surface area contributed by atoms with Gasteiger partial charge in [0.05, 0.1) is 0 Å². The summed E-state index contributed by atoms with van der Waals surface area (Å²) >= 11 is 0. The van der Waals surface area contributed by atoms with E-state index in [9.17, 15) is 4.39 Å². The van der Waals surface area contributed by atoms with E-state index in [1.165, 1.54) is 108 Å². The highest BCUT2D eigenvalue weighted by Gasteiger charge is 2.23. The van der Waals surface area contributed by atoms with Gasteiger partial charge in [0, 0.05) is 0 Å². The van der Waals surface area contributed by atoms with E-state index in [1.807, 2.05) is 0 Å².